The molecule has 0 aliphatic heterocycles. The lowest BCUT2D eigenvalue weighted by Crippen LogP contribution is -2.34. The Morgan fingerprint density at radius 1 is 1.72 bits per heavy atom. The minimum absolute atomic E-state index is 0.0690. The fourth-order valence-electron chi connectivity index (χ4n) is 1.38. The van der Waals surface area contributed by atoms with Gasteiger partial charge < -0.3 is 11.1 Å². The van der Waals surface area contributed by atoms with Crippen LogP contribution >= 0.6 is 11.8 Å². The van der Waals surface area contributed by atoms with Crippen LogP contribution in [-0.4, -0.2) is 33.9 Å². The van der Waals surface area contributed by atoms with Crippen LogP contribution in [-0.2, 0) is 0 Å². The van der Waals surface area contributed by atoms with E-state index < -0.39 is 10.8 Å². The highest BCUT2D eigenvalue weighted by molar-refractivity contribution is 7.98. The van der Waals surface area contributed by atoms with Gasteiger partial charge in [0.2, 0.25) is 0 Å². The lowest BCUT2D eigenvalue weighted by molar-refractivity contribution is -0.385. The van der Waals surface area contributed by atoms with E-state index in [4.69, 9.17) is 5.73 Å². The smallest absolute Gasteiger partial charge is 0.300 e. The summed E-state index contributed by atoms with van der Waals surface area (Å²) in [6.45, 7) is 1.82. The second-order valence-corrected chi connectivity index (χ2v) is 4.62. The number of rotatable bonds is 5. The topological polar surface area (TPSA) is 111 Å². The van der Waals surface area contributed by atoms with Crippen molar-refractivity contribution in [2.45, 2.75) is 13.0 Å². The van der Waals surface area contributed by atoms with Crippen molar-refractivity contribution in [2.24, 2.45) is 0 Å². The van der Waals surface area contributed by atoms with Gasteiger partial charge in [-0.2, -0.15) is 11.8 Å². The molecule has 3 N–H and O–H groups in total. The number of nitrogens with zero attached hydrogens (tertiary/aromatic N) is 2. The van der Waals surface area contributed by atoms with Gasteiger partial charge in [-0.3, -0.25) is 14.9 Å². The van der Waals surface area contributed by atoms with E-state index in [-0.39, 0.29) is 23.1 Å². The lowest BCUT2D eigenvalue weighted by atomic mass is 10.2. The molecular formula is C10H14N4O3S. The van der Waals surface area contributed by atoms with Crippen LogP contribution in [0.15, 0.2) is 12.3 Å². The quantitative estimate of drug-likeness (QED) is 0.611. The van der Waals surface area contributed by atoms with E-state index in [0.717, 1.165) is 11.9 Å². The minimum atomic E-state index is -0.652. The highest BCUT2D eigenvalue weighted by Gasteiger charge is 2.22. The molecule has 1 heterocycles. The van der Waals surface area contributed by atoms with Crippen molar-refractivity contribution in [3.8, 4) is 0 Å². The zero-order valence-corrected chi connectivity index (χ0v) is 10.9. The van der Waals surface area contributed by atoms with E-state index in [9.17, 15) is 14.9 Å². The molecule has 0 aliphatic carbocycles. The highest BCUT2D eigenvalue weighted by Crippen LogP contribution is 2.19. The molecule has 1 aromatic rings. The van der Waals surface area contributed by atoms with E-state index >= 15 is 0 Å². The van der Waals surface area contributed by atoms with Crippen LogP contribution in [0.4, 0.5) is 11.5 Å². The number of thioether (sulfide) groups is 1. The summed E-state index contributed by atoms with van der Waals surface area (Å²) in [7, 11) is 0. The number of carbonyl (C=O) groups excluding carboxylic acids is 1. The summed E-state index contributed by atoms with van der Waals surface area (Å²) in [6, 6.07) is 1.13. The molecule has 8 heteroatoms. The maximum absolute atomic E-state index is 11.9. The van der Waals surface area contributed by atoms with Crippen molar-refractivity contribution in [3.63, 3.8) is 0 Å². The van der Waals surface area contributed by atoms with Gasteiger partial charge in [0.25, 0.3) is 11.6 Å². The SMILES string of the molecule is CSCC(C)NC(=O)c1cc(N)ncc1[N+](=O)[O-]. The summed E-state index contributed by atoms with van der Waals surface area (Å²) in [5, 5.41) is 13.5. The third-order valence-corrected chi connectivity index (χ3v) is 2.97. The Morgan fingerprint density at radius 2 is 2.39 bits per heavy atom. The number of anilines is 1. The van der Waals surface area contributed by atoms with Crippen molar-refractivity contribution in [1.29, 1.82) is 0 Å². The van der Waals surface area contributed by atoms with Gasteiger partial charge in [0, 0.05) is 11.8 Å². The maximum Gasteiger partial charge on any atom is 0.300 e. The van der Waals surface area contributed by atoms with Crippen LogP contribution in [0, 0.1) is 10.1 Å². The number of hydrogen-bond acceptors (Lipinski definition) is 6. The molecule has 1 unspecified atom stereocenters. The maximum atomic E-state index is 11.9. The van der Waals surface area contributed by atoms with Crippen LogP contribution in [0.2, 0.25) is 0 Å². The van der Waals surface area contributed by atoms with Crippen molar-refractivity contribution >= 4 is 29.2 Å². The zero-order chi connectivity index (χ0) is 13.7. The number of nitrogens with one attached hydrogen (secondary N) is 1. The van der Waals surface area contributed by atoms with Crippen LogP contribution in [0.1, 0.15) is 17.3 Å². The highest BCUT2D eigenvalue weighted by atomic mass is 32.2. The van der Waals surface area contributed by atoms with Crippen molar-refractivity contribution in [2.75, 3.05) is 17.7 Å². The molecular weight excluding hydrogens is 256 g/mol. The Morgan fingerprint density at radius 3 is 2.94 bits per heavy atom. The Bertz CT molecular complexity index is 466. The molecule has 0 fully saturated rings. The third kappa shape index (κ3) is 3.59. The van der Waals surface area contributed by atoms with E-state index in [1.807, 2.05) is 13.2 Å². The van der Waals surface area contributed by atoms with E-state index in [1.165, 1.54) is 6.07 Å². The summed E-state index contributed by atoms with van der Waals surface area (Å²) < 4.78 is 0. The van der Waals surface area contributed by atoms with Gasteiger partial charge in [0.15, 0.2) is 0 Å². The second kappa shape index (κ2) is 6.20. The molecule has 1 amide bonds. The summed E-state index contributed by atoms with van der Waals surface area (Å²) in [5.74, 6) is 0.278. The molecule has 0 aliphatic rings. The monoisotopic (exact) mass is 270 g/mol. The van der Waals surface area contributed by atoms with Gasteiger partial charge in [0.1, 0.15) is 17.6 Å². The number of aromatic nitrogens is 1. The normalized spacial score (nSPS) is 11.9. The number of nitrogen functional groups attached to an aromatic ring is 1. The number of nitrogens with two attached hydrogens (primary N) is 1. The fourth-order valence-corrected chi connectivity index (χ4v) is 1.97. The molecule has 98 valence electrons. The van der Waals surface area contributed by atoms with E-state index in [2.05, 4.69) is 10.3 Å². The zero-order valence-electron chi connectivity index (χ0n) is 10.0. The predicted molar refractivity (Wildman–Crippen MR) is 70.6 cm³/mol. The molecule has 7 nitrogen and oxygen atoms in total. The Labute approximate surface area is 108 Å². The van der Waals surface area contributed by atoms with E-state index in [0.29, 0.717) is 0 Å². The number of hydrogen-bond donors (Lipinski definition) is 2. The van der Waals surface area contributed by atoms with Gasteiger partial charge in [-0.05, 0) is 19.2 Å². The first-order valence-electron chi connectivity index (χ1n) is 5.15. The number of amides is 1. The summed E-state index contributed by atoms with van der Waals surface area (Å²) >= 11 is 1.57. The largest absolute Gasteiger partial charge is 0.384 e. The summed E-state index contributed by atoms with van der Waals surface area (Å²) in [4.78, 5) is 25.6. The minimum Gasteiger partial charge on any atom is -0.384 e. The molecule has 0 saturated carbocycles. The Balaban J connectivity index is 2.97. The van der Waals surface area contributed by atoms with Gasteiger partial charge >= 0.3 is 0 Å². The molecule has 0 aromatic carbocycles. The van der Waals surface area contributed by atoms with Crippen LogP contribution in [0.25, 0.3) is 0 Å². The molecule has 0 bridgehead atoms. The first-order chi connectivity index (χ1) is 8.45. The van der Waals surface area contributed by atoms with Gasteiger partial charge in [-0.25, -0.2) is 4.98 Å². The average molecular weight is 270 g/mol. The first kappa shape index (κ1) is 14.2. The number of nitro groups is 1. The second-order valence-electron chi connectivity index (χ2n) is 3.71. The number of carbonyl (C=O) groups is 1. The predicted octanol–water partition coefficient (Wildman–Crippen LogP) is 1.05. The Kier molecular flexibility index (Phi) is 4.90. The molecule has 0 saturated heterocycles. The van der Waals surface area contributed by atoms with E-state index in [1.54, 1.807) is 11.8 Å². The van der Waals surface area contributed by atoms with Crippen LogP contribution in [0.3, 0.4) is 0 Å². The summed E-state index contributed by atoms with van der Waals surface area (Å²) in [5.41, 5.74) is 5.02. The number of pyridine rings is 1. The summed E-state index contributed by atoms with van der Waals surface area (Å²) in [6.07, 6.45) is 2.90. The van der Waals surface area contributed by atoms with Gasteiger partial charge in [0.05, 0.1) is 4.92 Å². The lowest BCUT2D eigenvalue weighted by Gasteiger charge is -2.12. The molecule has 18 heavy (non-hydrogen) atoms. The molecule has 1 rings (SSSR count). The fraction of sp³-hybridized carbons (Fsp3) is 0.400. The third-order valence-electron chi connectivity index (χ3n) is 2.14. The molecule has 0 radical (unpaired) electrons. The van der Waals surface area contributed by atoms with Crippen LogP contribution < -0.4 is 11.1 Å². The average Bonchev–Trinajstić information content (AvgIpc) is 2.28. The van der Waals surface area contributed by atoms with Gasteiger partial charge in [-0.15, -0.1) is 0 Å². The first-order valence-corrected chi connectivity index (χ1v) is 6.54. The standard InChI is InChI=1S/C10H14N4O3S/c1-6(5-18-2)13-10(15)7-3-9(11)12-4-8(7)14(16)17/h3-4,6H,5H2,1-2H3,(H2,11,12)(H,13,15). The molecule has 1 atom stereocenters. The van der Waals surface area contributed by atoms with Crippen molar-refractivity contribution in [1.82, 2.24) is 10.3 Å². The molecule has 1 aromatic heterocycles. The van der Waals surface area contributed by atoms with Gasteiger partial charge in [-0.1, -0.05) is 0 Å². The van der Waals surface area contributed by atoms with Crippen molar-refractivity contribution < 1.29 is 9.72 Å². The molecule has 0 spiro atoms. The van der Waals surface area contributed by atoms with Crippen LogP contribution in [0.5, 0.6) is 0 Å². The van der Waals surface area contributed by atoms with Crippen molar-refractivity contribution in [3.05, 3.63) is 27.9 Å². The Hall–Kier alpha value is -1.83.